The average Bonchev–Trinajstić information content (AvgIpc) is 3.81. The lowest BCUT2D eigenvalue weighted by molar-refractivity contribution is -0.136. The Hall–Kier alpha value is -7.44. The van der Waals surface area contributed by atoms with Gasteiger partial charge < -0.3 is 20.3 Å². The SMILES string of the molecule is Nc1ncnc2c1c(-c1ccc(Oc3ccccc3)cc1)nn2C1CCN(C2CCN(c3ccc(C#Cc4ccc5c(c4)C(=O)N(C4CCC(=O)NC4=O)C5=O)cn3)CC2)CC1. The number of fused-ring (bicyclic) bond motifs is 2. The fraction of sp³-hybridized carbons (Fsp3) is 0.277. The summed E-state index contributed by atoms with van der Waals surface area (Å²) in [4.78, 5) is 69.9. The van der Waals surface area contributed by atoms with E-state index in [1.54, 1.807) is 24.4 Å². The Balaban J connectivity index is 0.740. The minimum absolute atomic E-state index is 0.0668. The first-order valence-corrected chi connectivity index (χ1v) is 20.9. The normalized spacial score (nSPS) is 18.7. The maximum atomic E-state index is 13.2. The molecule has 3 fully saturated rings. The van der Waals surface area contributed by atoms with Gasteiger partial charge in [0.25, 0.3) is 11.8 Å². The number of amides is 4. The van der Waals surface area contributed by atoms with Gasteiger partial charge in [0.1, 0.15) is 41.2 Å². The van der Waals surface area contributed by atoms with Gasteiger partial charge in [-0.2, -0.15) is 5.10 Å². The second kappa shape index (κ2) is 16.2. The summed E-state index contributed by atoms with van der Waals surface area (Å²) in [6.45, 7) is 3.74. The van der Waals surface area contributed by atoms with Crippen molar-refractivity contribution >= 4 is 46.3 Å². The molecule has 4 amide bonds. The van der Waals surface area contributed by atoms with Crippen molar-refractivity contribution in [3.63, 3.8) is 0 Å². The van der Waals surface area contributed by atoms with Crippen molar-refractivity contribution in [1.82, 2.24) is 39.8 Å². The number of ether oxygens (including phenoxy) is 1. The van der Waals surface area contributed by atoms with Gasteiger partial charge in [-0.15, -0.1) is 0 Å². The van der Waals surface area contributed by atoms with Crippen LogP contribution in [-0.2, 0) is 9.59 Å². The fourth-order valence-corrected chi connectivity index (χ4v) is 9.05. The number of hydrogen-bond donors (Lipinski definition) is 2. The van der Waals surface area contributed by atoms with Crippen molar-refractivity contribution in [2.45, 2.75) is 56.7 Å². The minimum atomic E-state index is -1.01. The number of aromatic nitrogens is 5. The van der Waals surface area contributed by atoms with Gasteiger partial charge in [0.15, 0.2) is 5.65 Å². The third-order valence-corrected chi connectivity index (χ3v) is 12.3. The van der Waals surface area contributed by atoms with Crippen LogP contribution in [0.4, 0.5) is 11.6 Å². The molecule has 62 heavy (non-hydrogen) atoms. The number of nitrogen functional groups attached to an aromatic ring is 1. The molecule has 0 saturated carbocycles. The third kappa shape index (κ3) is 7.38. The van der Waals surface area contributed by atoms with Crippen molar-refractivity contribution < 1.29 is 23.9 Å². The second-order valence-corrected chi connectivity index (χ2v) is 16.0. The lowest BCUT2D eigenvalue weighted by Gasteiger charge is -2.42. The minimum Gasteiger partial charge on any atom is -0.457 e. The molecule has 7 heterocycles. The van der Waals surface area contributed by atoms with Crippen LogP contribution in [0.1, 0.15) is 76.4 Å². The second-order valence-electron chi connectivity index (χ2n) is 16.0. The van der Waals surface area contributed by atoms with Gasteiger partial charge in [0.05, 0.1) is 22.6 Å². The van der Waals surface area contributed by atoms with Crippen LogP contribution in [0.3, 0.4) is 0 Å². The topological polar surface area (TPSA) is 182 Å². The van der Waals surface area contributed by atoms with Crippen LogP contribution in [-0.4, -0.2) is 96.4 Å². The van der Waals surface area contributed by atoms with Crippen LogP contribution in [0.2, 0.25) is 0 Å². The molecule has 15 heteroatoms. The van der Waals surface area contributed by atoms with E-state index in [4.69, 9.17) is 20.6 Å². The number of hydrogen-bond acceptors (Lipinski definition) is 12. The maximum absolute atomic E-state index is 13.2. The molecule has 10 rings (SSSR count). The number of piperidine rings is 3. The molecule has 0 spiro atoms. The molecule has 4 aliphatic rings. The Morgan fingerprint density at radius 2 is 1.42 bits per heavy atom. The molecule has 4 aliphatic heterocycles. The Morgan fingerprint density at radius 1 is 0.710 bits per heavy atom. The summed E-state index contributed by atoms with van der Waals surface area (Å²) >= 11 is 0. The smallest absolute Gasteiger partial charge is 0.262 e. The number of anilines is 2. The van der Waals surface area contributed by atoms with E-state index in [1.165, 1.54) is 6.33 Å². The van der Waals surface area contributed by atoms with Gasteiger partial charge >= 0.3 is 0 Å². The van der Waals surface area contributed by atoms with Gasteiger partial charge in [0, 0.05) is 61.5 Å². The van der Waals surface area contributed by atoms with Crippen molar-refractivity contribution in [2.24, 2.45) is 0 Å². The summed E-state index contributed by atoms with van der Waals surface area (Å²) in [5.41, 5.74) is 10.6. The quantitative estimate of drug-likeness (QED) is 0.155. The summed E-state index contributed by atoms with van der Waals surface area (Å²) in [7, 11) is 0. The van der Waals surface area contributed by atoms with Crippen LogP contribution in [0.15, 0.2) is 97.5 Å². The highest BCUT2D eigenvalue weighted by Gasteiger charge is 2.44. The summed E-state index contributed by atoms with van der Waals surface area (Å²) < 4.78 is 8.07. The van der Waals surface area contributed by atoms with Crippen LogP contribution in [0.5, 0.6) is 11.5 Å². The number of carbonyl (C=O) groups is 4. The van der Waals surface area contributed by atoms with Gasteiger partial charge in [-0.3, -0.25) is 29.4 Å². The van der Waals surface area contributed by atoms with Crippen molar-refractivity contribution in [2.75, 3.05) is 36.8 Å². The van der Waals surface area contributed by atoms with Gasteiger partial charge in [0.2, 0.25) is 11.8 Å². The summed E-state index contributed by atoms with van der Waals surface area (Å²) in [5.74, 6) is 6.88. The molecule has 1 atom stereocenters. The average molecular weight is 827 g/mol. The predicted molar refractivity (Wildman–Crippen MR) is 230 cm³/mol. The van der Waals surface area contributed by atoms with E-state index in [1.807, 2.05) is 66.7 Å². The zero-order chi connectivity index (χ0) is 42.3. The third-order valence-electron chi connectivity index (χ3n) is 12.3. The first-order valence-electron chi connectivity index (χ1n) is 20.9. The fourth-order valence-electron chi connectivity index (χ4n) is 9.05. The van der Waals surface area contributed by atoms with E-state index in [9.17, 15) is 19.2 Å². The molecule has 0 radical (unpaired) electrons. The number of nitrogens with two attached hydrogens (primary N) is 1. The molecule has 3 N–H and O–H groups in total. The summed E-state index contributed by atoms with van der Waals surface area (Å²) in [6, 6.07) is 26.0. The first kappa shape index (κ1) is 38.7. The van der Waals surface area contributed by atoms with E-state index in [2.05, 4.69) is 41.6 Å². The monoisotopic (exact) mass is 826 g/mol. The number of benzene rings is 3. The van der Waals surface area contributed by atoms with Crippen LogP contribution < -0.4 is 20.7 Å². The van der Waals surface area contributed by atoms with Crippen LogP contribution >= 0.6 is 0 Å². The number of likely N-dealkylation sites (tertiary alicyclic amines) is 1. The van der Waals surface area contributed by atoms with E-state index >= 15 is 0 Å². The zero-order valence-electron chi connectivity index (χ0n) is 33.7. The molecule has 3 aromatic heterocycles. The molecule has 15 nitrogen and oxygen atoms in total. The van der Waals surface area contributed by atoms with Crippen molar-refractivity contribution in [3.8, 4) is 34.6 Å². The molecular weight excluding hydrogens is 785 g/mol. The standard InChI is InChI=1S/C47H42N10O5/c48-43-41-42(31-10-12-35(13-11-31)62-34-4-2-1-3-5-34)53-57(44(41)51-28-50-43)33-20-22-54(23-21-33)32-18-24-55(25-19-32)39-16-9-30(27-49-39)7-6-29-8-14-36-37(26-29)47(61)56(46(36)60)38-15-17-40(58)52-45(38)59/h1-5,8-14,16,26-28,32-33,38H,15,17-25H2,(H2,48,50,51)(H,52,58,59). The number of nitrogens with one attached hydrogen (secondary N) is 1. The molecule has 3 aromatic carbocycles. The lowest BCUT2D eigenvalue weighted by atomic mass is 9.98. The van der Waals surface area contributed by atoms with Crippen LogP contribution in [0.25, 0.3) is 22.3 Å². The number of imide groups is 2. The molecule has 6 aromatic rings. The van der Waals surface area contributed by atoms with E-state index in [0.717, 1.165) is 102 Å². The van der Waals surface area contributed by atoms with E-state index in [-0.39, 0.29) is 30.0 Å². The van der Waals surface area contributed by atoms with Crippen molar-refractivity contribution in [1.29, 1.82) is 0 Å². The Labute approximate surface area is 356 Å². The Morgan fingerprint density at radius 3 is 2.16 bits per heavy atom. The molecule has 310 valence electrons. The van der Waals surface area contributed by atoms with Gasteiger partial charge in [-0.25, -0.2) is 19.6 Å². The molecule has 3 saturated heterocycles. The number of para-hydroxylation sites is 1. The van der Waals surface area contributed by atoms with Gasteiger partial charge in [-0.05, 0) is 98.8 Å². The first-order chi connectivity index (χ1) is 30.3. The lowest BCUT2D eigenvalue weighted by Crippen LogP contribution is -2.54. The summed E-state index contributed by atoms with van der Waals surface area (Å²) in [6.07, 6.45) is 7.43. The zero-order valence-corrected chi connectivity index (χ0v) is 33.7. The number of carbonyl (C=O) groups excluding carboxylic acids is 4. The Kier molecular flexibility index (Phi) is 10.1. The largest absolute Gasteiger partial charge is 0.457 e. The molecular formula is C47H42N10O5. The van der Waals surface area contributed by atoms with E-state index in [0.29, 0.717) is 17.4 Å². The number of rotatable bonds is 7. The number of nitrogens with zero attached hydrogens (tertiary/aromatic N) is 8. The molecule has 0 bridgehead atoms. The predicted octanol–water partition coefficient (Wildman–Crippen LogP) is 5.37. The van der Waals surface area contributed by atoms with E-state index < -0.39 is 29.7 Å². The van der Waals surface area contributed by atoms with Gasteiger partial charge in [-0.1, -0.05) is 30.0 Å². The van der Waals surface area contributed by atoms with Crippen molar-refractivity contribution in [3.05, 3.63) is 120 Å². The highest BCUT2D eigenvalue weighted by atomic mass is 16.5. The molecule has 1 unspecified atom stereocenters. The maximum Gasteiger partial charge on any atom is 0.262 e. The highest BCUT2D eigenvalue weighted by Crippen LogP contribution is 2.36. The summed E-state index contributed by atoms with van der Waals surface area (Å²) in [5, 5.41) is 8.10. The highest BCUT2D eigenvalue weighted by molar-refractivity contribution is 6.23. The van der Waals surface area contributed by atoms with Crippen LogP contribution in [0, 0.1) is 11.8 Å². The Bertz CT molecular complexity index is 2780. The molecule has 0 aliphatic carbocycles. The number of pyridine rings is 1.